The van der Waals surface area contributed by atoms with Crippen LogP contribution in [0.3, 0.4) is 0 Å². The number of urea groups is 1. The number of amides is 3. The second-order valence-electron chi connectivity index (χ2n) is 4.28. The van der Waals surface area contributed by atoms with Crippen LogP contribution in [0.15, 0.2) is 0 Å². The fourth-order valence-electron chi connectivity index (χ4n) is 1.59. The van der Waals surface area contributed by atoms with Gasteiger partial charge < -0.3 is 19.6 Å². The van der Waals surface area contributed by atoms with Crippen molar-refractivity contribution in [3.8, 4) is 0 Å². The molecule has 0 aliphatic carbocycles. The van der Waals surface area contributed by atoms with Crippen LogP contribution in [0.5, 0.6) is 0 Å². The summed E-state index contributed by atoms with van der Waals surface area (Å²) in [4.78, 5) is 27.6. The molecule has 3 amide bonds. The summed E-state index contributed by atoms with van der Waals surface area (Å²) >= 11 is 0. The maximum absolute atomic E-state index is 10.8. The molecule has 2 aliphatic rings. The Balaban J connectivity index is 0.000000160. The summed E-state index contributed by atoms with van der Waals surface area (Å²) in [6.07, 6.45) is 0. The first-order chi connectivity index (χ1) is 7.41. The van der Waals surface area contributed by atoms with Crippen molar-refractivity contribution in [2.75, 3.05) is 47.8 Å². The zero-order chi connectivity index (χ0) is 12.3. The Hall–Kier alpha value is -1.30. The van der Waals surface area contributed by atoms with Crippen LogP contribution in [0.25, 0.3) is 0 Å². The predicted octanol–water partition coefficient (Wildman–Crippen LogP) is -1.92. The smallest absolute Gasteiger partial charge is 0.319 e. The summed E-state index contributed by atoms with van der Waals surface area (Å²) in [5, 5.41) is 0. The highest BCUT2D eigenvalue weighted by Crippen LogP contribution is 2.00. The van der Waals surface area contributed by atoms with Gasteiger partial charge >= 0.3 is 6.03 Å². The van der Waals surface area contributed by atoms with Gasteiger partial charge in [0.15, 0.2) is 0 Å². The number of quaternary nitrogens is 1. The zero-order valence-electron chi connectivity index (χ0n) is 10.4. The average molecular weight is 228 g/mol. The van der Waals surface area contributed by atoms with Gasteiger partial charge in [-0.1, -0.05) is 0 Å². The van der Waals surface area contributed by atoms with Crippen LogP contribution in [-0.2, 0) is 4.79 Å². The molecule has 6 heteroatoms. The monoisotopic (exact) mass is 228 g/mol. The van der Waals surface area contributed by atoms with Gasteiger partial charge in [0.1, 0.15) is 6.54 Å². The molecule has 2 heterocycles. The first-order valence-corrected chi connectivity index (χ1v) is 5.31. The standard InChI is InChI=1S/2C5H10N2O/c1-6-3-5(8)7(2)4-6;1-6-3-4-7(2)5(6)8/h4,6H,3H2,1-2H3;3-4H2,1-2H3. The molecule has 2 aliphatic heterocycles. The molecule has 0 spiro atoms. The molecule has 92 valence electrons. The van der Waals surface area contributed by atoms with Crippen molar-refractivity contribution < 1.29 is 14.5 Å². The Kier molecular flexibility index (Phi) is 4.12. The minimum absolute atomic E-state index is 0.130. The molecule has 0 aromatic carbocycles. The molecule has 0 bridgehead atoms. The van der Waals surface area contributed by atoms with Crippen molar-refractivity contribution in [3.05, 3.63) is 6.67 Å². The van der Waals surface area contributed by atoms with Gasteiger partial charge in [-0.2, -0.15) is 0 Å². The molecular formula is C10H20N4O2. The van der Waals surface area contributed by atoms with E-state index in [1.54, 1.807) is 21.7 Å². The number of rotatable bonds is 0. The average Bonchev–Trinajstić information content (AvgIpc) is 2.65. The van der Waals surface area contributed by atoms with Gasteiger partial charge in [0.2, 0.25) is 0 Å². The summed E-state index contributed by atoms with van der Waals surface area (Å²) in [5.41, 5.74) is 0. The fourth-order valence-corrected chi connectivity index (χ4v) is 1.59. The van der Waals surface area contributed by atoms with Gasteiger partial charge in [-0.15, -0.1) is 0 Å². The van der Waals surface area contributed by atoms with E-state index in [1.807, 2.05) is 27.8 Å². The van der Waals surface area contributed by atoms with Crippen molar-refractivity contribution in [2.45, 2.75) is 0 Å². The molecule has 0 aromatic rings. The molecule has 1 atom stereocenters. The quantitative estimate of drug-likeness (QED) is 0.491. The van der Waals surface area contributed by atoms with Crippen LogP contribution in [-0.4, -0.2) is 74.5 Å². The molecule has 1 N–H and O–H groups in total. The summed E-state index contributed by atoms with van der Waals surface area (Å²) < 4.78 is 0. The van der Waals surface area contributed by atoms with Gasteiger partial charge in [-0.3, -0.25) is 4.79 Å². The maximum atomic E-state index is 10.8. The summed E-state index contributed by atoms with van der Waals surface area (Å²) in [5.74, 6) is 0.197. The third kappa shape index (κ3) is 3.10. The van der Waals surface area contributed by atoms with Crippen molar-refractivity contribution in [1.82, 2.24) is 14.7 Å². The van der Waals surface area contributed by atoms with E-state index < -0.39 is 0 Å². The van der Waals surface area contributed by atoms with E-state index in [-0.39, 0.29) is 11.9 Å². The van der Waals surface area contributed by atoms with E-state index in [2.05, 4.69) is 0 Å². The molecule has 1 unspecified atom stereocenters. The Bertz CT molecular complexity index is 270. The zero-order valence-corrected chi connectivity index (χ0v) is 10.4. The first kappa shape index (κ1) is 12.8. The maximum Gasteiger partial charge on any atom is 0.319 e. The number of carbonyl (C=O) groups excluding carboxylic acids is 2. The van der Waals surface area contributed by atoms with Crippen molar-refractivity contribution in [2.24, 2.45) is 0 Å². The lowest BCUT2D eigenvalue weighted by atomic mass is 10.6. The summed E-state index contributed by atoms with van der Waals surface area (Å²) in [6.45, 7) is 4.21. The van der Waals surface area contributed by atoms with Crippen LogP contribution in [0, 0.1) is 6.67 Å². The van der Waals surface area contributed by atoms with Gasteiger partial charge in [-0.05, 0) is 13.7 Å². The summed E-state index contributed by atoms with van der Waals surface area (Å²) in [7, 11) is 7.36. The molecule has 2 fully saturated rings. The number of nitrogens with zero attached hydrogens (tertiary/aromatic N) is 3. The molecule has 2 rings (SSSR count). The van der Waals surface area contributed by atoms with E-state index in [9.17, 15) is 9.59 Å². The molecule has 0 aromatic heterocycles. The fraction of sp³-hybridized carbons (Fsp3) is 0.700. The SMILES string of the molecule is CN1CCN(C)C1=O.CN1[CH-][NH+](C)CC1=O. The highest BCUT2D eigenvalue weighted by atomic mass is 16.2. The number of likely N-dealkylation sites (N-methyl/N-ethyl adjacent to an activating group) is 4. The van der Waals surface area contributed by atoms with Crippen LogP contribution in [0.2, 0.25) is 0 Å². The molecule has 0 radical (unpaired) electrons. The summed E-state index contributed by atoms with van der Waals surface area (Å²) in [6, 6.07) is 0.130. The number of hydrogen-bond acceptors (Lipinski definition) is 2. The molecule has 16 heavy (non-hydrogen) atoms. The Morgan fingerprint density at radius 1 is 1.12 bits per heavy atom. The minimum atomic E-state index is 0.130. The Morgan fingerprint density at radius 3 is 1.75 bits per heavy atom. The highest BCUT2D eigenvalue weighted by molar-refractivity contribution is 5.78. The van der Waals surface area contributed by atoms with Crippen LogP contribution in [0.4, 0.5) is 4.79 Å². The lowest BCUT2D eigenvalue weighted by molar-refractivity contribution is -0.836. The third-order valence-corrected chi connectivity index (χ3v) is 2.66. The van der Waals surface area contributed by atoms with Crippen LogP contribution < -0.4 is 4.90 Å². The van der Waals surface area contributed by atoms with Gasteiger partial charge in [0.25, 0.3) is 5.91 Å². The van der Waals surface area contributed by atoms with E-state index in [0.29, 0.717) is 6.54 Å². The van der Waals surface area contributed by atoms with Crippen molar-refractivity contribution >= 4 is 11.9 Å². The van der Waals surface area contributed by atoms with E-state index in [1.165, 1.54) is 0 Å². The van der Waals surface area contributed by atoms with Crippen molar-refractivity contribution in [1.29, 1.82) is 0 Å². The normalized spacial score (nSPS) is 25.0. The Morgan fingerprint density at radius 2 is 1.62 bits per heavy atom. The molecule has 2 saturated heterocycles. The molecule has 0 saturated carbocycles. The first-order valence-electron chi connectivity index (χ1n) is 5.31. The number of hydrogen-bond donors (Lipinski definition) is 1. The Labute approximate surface area is 96.4 Å². The molecular weight excluding hydrogens is 208 g/mol. The number of nitrogens with one attached hydrogen (secondary N) is 1. The highest BCUT2D eigenvalue weighted by Gasteiger charge is 2.20. The third-order valence-electron chi connectivity index (χ3n) is 2.66. The number of carbonyl (C=O) groups is 2. The van der Waals surface area contributed by atoms with E-state index in [0.717, 1.165) is 18.0 Å². The van der Waals surface area contributed by atoms with E-state index in [4.69, 9.17) is 0 Å². The predicted molar refractivity (Wildman–Crippen MR) is 59.5 cm³/mol. The second-order valence-corrected chi connectivity index (χ2v) is 4.28. The van der Waals surface area contributed by atoms with Crippen LogP contribution in [0.1, 0.15) is 0 Å². The van der Waals surface area contributed by atoms with Crippen molar-refractivity contribution in [3.63, 3.8) is 0 Å². The van der Waals surface area contributed by atoms with E-state index >= 15 is 0 Å². The van der Waals surface area contributed by atoms with Gasteiger partial charge in [0, 0.05) is 34.2 Å². The van der Waals surface area contributed by atoms with Crippen LogP contribution >= 0.6 is 0 Å². The minimum Gasteiger partial charge on any atom is -0.444 e. The second kappa shape index (κ2) is 5.16. The lowest BCUT2D eigenvalue weighted by Gasteiger charge is -2.16. The largest absolute Gasteiger partial charge is 0.444 e. The van der Waals surface area contributed by atoms with Gasteiger partial charge in [0.05, 0.1) is 0 Å². The molecule has 6 nitrogen and oxygen atoms in total. The van der Waals surface area contributed by atoms with Gasteiger partial charge in [-0.25, -0.2) is 4.79 Å². The lowest BCUT2D eigenvalue weighted by Crippen LogP contribution is -3.04. The topological polar surface area (TPSA) is 48.3 Å².